The molecule has 100 valence electrons. The molecule has 2 nitrogen and oxygen atoms in total. The Morgan fingerprint density at radius 3 is 2.18 bits per heavy atom. The highest BCUT2D eigenvalue weighted by Crippen LogP contribution is 2.48. The van der Waals surface area contributed by atoms with E-state index in [9.17, 15) is 4.79 Å². The number of hydrogen-bond acceptors (Lipinski definition) is 2. The van der Waals surface area contributed by atoms with Gasteiger partial charge in [-0.3, -0.25) is 4.79 Å². The monoisotopic (exact) mass is 368 g/mol. The zero-order valence-corrected chi connectivity index (χ0v) is 14.2. The molecule has 1 aliphatic rings. The molecule has 0 bridgehead atoms. The molecule has 0 aliphatic heterocycles. The lowest BCUT2D eigenvalue weighted by Gasteiger charge is -2.42. The van der Waals surface area contributed by atoms with Gasteiger partial charge in [0.2, 0.25) is 0 Å². The van der Waals surface area contributed by atoms with E-state index in [1.807, 2.05) is 0 Å². The Balaban J connectivity index is 2.64. The smallest absolute Gasteiger partial charge is 0.320 e. The third-order valence-corrected chi connectivity index (χ3v) is 7.02. The standard InChI is InChI=1S/C13H22Br2O2/c1-12(2,3)9-5-7-13(15,8-6-9)10(14)11(16)17-4/h9-10H,5-8H2,1-4H3/t9?,10-,13?/m0/s1. The van der Waals surface area contributed by atoms with Gasteiger partial charge >= 0.3 is 5.97 Å². The van der Waals surface area contributed by atoms with E-state index in [1.54, 1.807) is 0 Å². The first-order valence-corrected chi connectivity index (χ1v) is 7.82. The Labute approximate surface area is 121 Å². The SMILES string of the molecule is COC(=O)[C@H](Br)C1(Br)CCC(C(C)(C)C)CC1. The third kappa shape index (κ3) is 3.69. The lowest BCUT2D eigenvalue weighted by atomic mass is 9.69. The van der Waals surface area contributed by atoms with Crippen molar-refractivity contribution in [2.75, 3.05) is 7.11 Å². The van der Waals surface area contributed by atoms with Crippen LogP contribution in [0.3, 0.4) is 0 Å². The van der Waals surface area contributed by atoms with Gasteiger partial charge in [0.1, 0.15) is 4.83 Å². The minimum absolute atomic E-state index is 0.137. The van der Waals surface area contributed by atoms with Crippen LogP contribution < -0.4 is 0 Å². The third-order valence-electron chi connectivity index (χ3n) is 3.90. The van der Waals surface area contributed by atoms with Gasteiger partial charge in [0.05, 0.1) is 7.11 Å². The Hall–Kier alpha value is 0.430. The molecule has 1 rings (SSSR count). The van der Waals surface area contributed by atoms with Crippen molar-refractivity contribution in [3.05, 3.63) is 0 Å². The number of alkyl halides is 2. The molecular weight excluding hydrogens is 348 g/mol. The van der Waals surface area contributed by atoms with Gasteiger partial charge < -0.3 is 4.74 Å². The summed E-state index contributed by atoms with van der Waals surface area (Å²) in [5.74, 6) is 0.557. The summed E-state index contributed by atoms with van der Waals surface area (Å²) in [5, 5.41) is 0. The van der Waals surface area contributed by atoms with Crippen molar-refractivity contribution in [2.24, 2.45) is 11.3 Å². The average Bonchev–Trinajstić information content (AvgIpc) is 2.26. The lowest BCUT2D eigenvalue weighted by molar-refractivity contribution is -0.140. The molecule has 1 fully saturated rings. The summed E-state index contributed by atoms with van der Waals surface area (Å²) in [4.78, 5) is 11.3. The number of carbonyl (C=O) groups is 1. The summed E-state index contributed by atoms with van der Waals surface area (Å²) in [6.07, 6.45) is 4.35. The second-order valence-electron chi connectivity index (χ2n) is 6.06. The van der Waals surface area contributed by atoms with Crippen LogP contribution in [-0.2, 0) is 9.53 Å². The molecule has 0 unspecified atom stereocenters. The molecule has 1 aliphatic carbocycles. The summed E-state index contributed by atoms with van der Waals surface area (Å²) in [6, 6.07) is 0. The first-order valence-electron chi connectivity index (χ1n) is 6.11. The summed E-state index contributed by atoms with van der Waals surface area (Å²) in [5.41, 5.74) is 0.363. The van der Waals surface area contributed by atoms with E-state index in [-0.39, 0.29) is 15.1 Å². The summed E-state index contributed by atoms with van der Waals surface area (Å²) in [7, 11) is 1.44. The molecule has 1 atom stereocenters. The van der Waals surface area contributed by atoms with Crippen LogP contribution in [-0.4, -0.2) is 22.2 Å². The van der Waals surface area contributed by atoms with Gasteiger partial charge in [-0.15, -0.1) is 0 Å². The van der Waals surface area contributed by atoms with Gasteiger partial charge in [0.15, 0.2) is 0 Å². The zero-order chi connectivity index (χ0) is 13.3. The molecule has 0 radical (unpaired) electrons. The van der Waals surface area contributed by atoms with Gasteiger partial charge in [-0.1, -0.05) is 52.6 Å². The number of ether oxygens (including phenoxy) is 1. The molecule has 0 saturated heterocycles. The predicted molar refractivity (Wildman–Crippen MR) is 77.8 cm³/mol. The van der Waals surface area contributed by atoms with Gasteiger partial charge in [-0.2, -0.15) is 0 Å². The quantitative estimate of drug-likeness (QED) is 0.536. The number of esters is 1. The fourth-order valence-electron chi connectivity index (χ4n) is 2.53. The van der Waals surface area contributed by atoms with Gasteiger partial charge in [0, 0.05) is 4.32 Å². The number of methoxy groups -OCH3 is 1. The molecule has 0 aromatic rings. The number of hydrogen-bond donors (Lipinski definition) is 0. The minimum atomic E-state index is -0.249. The van der Waals surface area contributed by atoms with Crippen LogP contribution in [0.25, 0.3) is 0 Å². The fraction of sp³-hybridized carbons (Fsp3) is 0.923. The van der Waals surface area contributed by atoms with Crippen molar-refractivity contribution >= 4 is 37.8 Å². The second kappa shape index (κ2) is 5.60. The molecule has 0 aromatic heterocycles. The van der Waals surface area contributed by atoms with Gasteiger partial charge in [-0.25, -0.2) is 0 Å². The number of rotatable bonds is 2. The first kappa shape index (κ1) is 15.5. The summed E-state index contributed by atoms with van der Waals surface area (Å²) >= 11 is 7.22. The topological polar surface area (TPSA) is 26.3 Å². The average molecular weight is 370 g/mol. The molecule has 0 N–H and O–H groups in total. The lowest BCUT2D eigenvalue weighted by Crippen LogP contribution is -2.43. The van der Waals surface area contributed by atoms with Gasteiger partial charge in [0.25, 0.3) is 0 Å². The van der Waals surface area contributed by atoms with Crippen LogP contribution in [0.2, 0.25) is 0 Å². The van der Waals surface area contributed by atoms with Crippen LogP contribution in [0.5, 0.6) is 0 Å². The Bertz CT molecular complexity index is 276. The van der Waals surface area contributed by atoms with Crippen molar-refractivity contribution < 1.29 is 9.53 Å². The van der Waals surface area contributed by atoms with Crippen molar-refractivity contribution in [2.45, 2.75) is 55.6 Å². The van der Waals surface area contributed by atoms with Crippen molar-refractivity contribution in [3.8, 4) is 0 Å². The maximum atomic E-state index is 11.6. The highest BCUT2D eigenvalue weighted by molar-refractivity contribution is 9.12. The van der Waals surface area contributed by atoms with Crippen molar-refractivity contribution in [1.29, 1.82) is 0 Å². The molecule has 0 aromatic carbocycles. The number of carbonyl (C=O) groups excluding carboxylic acids is 1. The largest absolute Gasteiger partial charge is 0.468 e. The van der Waals surface area contributed by atoms with E-state index >= 15 is 0 Å². The number of halogens is 2. The summed E-state index contributed by atoms with van der Waals surface area (Å²) in [6.45, 7) is 6.89. The second-order valence-corrected chi connectivity index (χ2v) is 8.56. The molecule has 4 heteroatoms. The Morgan fingerprint density at radius 2 is 1.82 bits per heavy atom. The zero-order valence-electron chi connectivity index (χ0n) is 11.1. The maximum Gasteiger partial charge on any atom is 0.320 e. The van der Waals surface area contributed by atoms with E-state index < -0.39 is 0 Å². The Morgan fingerprint density at radius 1 is 1.35 bits per heavy atom. The van der Waals surface area contributed by atoms with Crippen molar-refractivity contribution in [3.63, 3.8) is 0 Å². The molecular formula is C13H22Br2O2. The maximum absolute atomic E-state index is 11.6. The van der Waals surface area contributed by atoms with Crippen LogP contribution >= 0.6 is 31.9 Å². The molecule has 0 heterocycles. The highest BCUT2D eigenvalue weighted by Gasteiger charge is 2.44. The van der Waals surface area contributed by atoms with Crippen LogP contribution in [0.15, 0.2) is 0 Å². The van der Waals surface area contributed by atoms with Crippen LogP contribution in [0.4, 0.5) is 0 Å². The van der Waals surface area contributed by atoms with E-state index in [1.165, 1.54) is 7.11 Å². The van der Waals surface area contributed by atoms with E-state index in [2.05, 4.69) is 52.6 Å². The molecule has 0 spiro atoms. The van der Waals surface area contributed by atoms with Gasteiger partial charge in [-0.05, 0) is 37.0 Å². The summed E-state index contributed by atoms with van der Waals surface area (Å²) < 4.78 is 4.67. The van der Waals surface area contributed by atoms with Crippen LogP contribution in [0, 0.1) is 11.3 Å². The van der Waals surface area contributed by atoms with E-state index in [0.29, 0.717) is 5.41 Å². The fourth-order valence-corrected chi connectivity index (χ4v) is 3.82. The predicted octanol–water partition coefficient (Wildman–Crippen LogP) is 4.29. The normalized spacial score (nSPS) is 32.0. The highest BCUT2D eigenvalue weighted by atomic mass is 79.9. The van der Waals surface area contributed by atoms with Crippen LogP contribution in [0.1, 0.15) is 46.5 Å². The van der Waals surface area contributed by atoms with E-state index in [0.717, 1.165) is 31.6 Å². The molecule has 17 heavy (non-hydrogen) atoms. The van der Waals surface area contributed by atoms with Crippen molar-refractivity contribution in [1.82, 2.24) is 0 Å². The Kier molecular flexibility index (Phi) is 5.10. The molecule has 1 saturated carbocycles. The minimum Gasteiger partial charge on any atom is -0.468 e. The van der Waals surface area contributed by atoms with E-state index in [4.69, 9.17) is 4.74 Å². The first-order chi connectivity index (χ1) is 7.70. The molecule has 0 amide bonds.